The fourth-order valence-corrected chi connectivity index (χ4v) is 2.21. The summed E-state index contributed by atoms with van der Waals surface area (Å²) in [5, 5.41) is 3.28. The molecular weight excluding hydrogens is 214 g/mol. The van der Waals surface area contributed by atoms with Gasteiger partial charge in [-0.3, -0.25) is 4.79 Å². The average Bonchev–Trinajstić information content (AvgIpc) is 2.40. The van der Waals surface area contributed by atoms with E-state index in [0.29, 0.717) is 17.9 Å². The van der Waals surface area contributed by atoms with E-state index in [0.717, 1.165) is 25.8 Å². The standard InChI is InChI=1S/C14H19NO2/c1-2-17-13-9-4-3-7-11(13)14(16)12-8-5-6-10-15-12/h3-4,7,9,12,15H,2,5-6,8,10H2,1H3. The van der Waals surface area contributed by atoms with Gasteiger partial charge in [0.1, 0.15) is 5.75 Å². The van der Waals surface area contributed by atoms with Crippen LogP contribution in [0.2, 0.25) is 0 Å². The number of nitrogens with one attached hydrogen (secondary N) is 1. The van der Waals surface area contributed by atoms with Crippen molar-refractivity contribution in [1.29, 1.82) is 0 Å². The number of piperidine rings is 1. The third-order valence-corrected chi connectivity index (χ3v) is 3.08. The summed E-state index contributed by atoms with van der Waals surface area (Å²) < 4.78 is 5.50. The monoisotopic (exact) mass is 233 g/mol. The second-order valence-electron chi connectivity index (χ2n) is 4.30. The van der Waals surface area contributed by atoms with Crippen molar-refractivity contribution in [2.24, 2.45) is 0 Å². The van der Waals surface area contributed by atoms with E-state index in [1.807, 2.05) is 31.2 Å². The van der Waals surface area contributed by atoms with Crippen LogP contribution in [-0.4, -0.2) is 25.0 Å². The summed E-state index contributed by atoms with van der Waals surface area (Å²) in [7, 11) is 0. The molecule has 0 aromatic heterocycles. The highest BCUT2D eigenvalue weighted by atomic mass is 16.5. The molecule has 2 rings (SSSR count). The summed E-state index contributed by atoms with van der Waals surface area (Å²) in [4.78, 5) is 12.4. The van der Waals surface area contributed by atoms with Crippen molar-refractivity contribution < 1.29 is 9.53 Å². The van der Waals surface area contributed by atoms with Crippen LogP contribution in [0.5, 0.6) is 5.75 Å². The number of ether oxygens (including phenoxy) is 1. The number of Topliss-reactive ketones (excluding diaryl/α,β-unsaturated/α-hetero) is 1. The summed E-state index contributed by atoms with van der Waals surface area (Å²) in [5.41, 5.74) is 0.703. The van der Waals surface area contributed by atoms with E-state index in [1.54, 1.807) is 0 Å². The van der Waals surface area contributed by atoms with Crippen molar-refractivity contribution in [3.05, 3.63) is 29.8 Å². The van der Waals surface area contributed by atoms with Crippen molar-refractivity contribution in [2.75, 3.05) is 13.2 Å². The Bertz CT molecular complexity index is 384. The Morgan fingerprint density at radius 2 is 2.24 bits per heavy atom. The lowest BCUT2D eigenvalue weighted by atomic mass is 9.96. The molecule has 0 aliphatic carbocycles. The van der Waals surface area contributed by atoms with Gasteiger partial charge in [0.25, 0.3) is 0 Å². The summed E-state index contributed by atoms with van der Waals surface area (Å²) >= 11 is 0. The molecule has 92 valence electrons. The highest BCUT2D eigenvalue weighted by molar-refractivity contribution is 6.02. The van der Waals surface area contributed by atoms with Gasteiger partial charge in [-0.2, -0.15) is 0 Å². The topological polar surface area (TPSA) is 38.3 Å². The first-order valence-electron chi connectivity index (χ1n) is 6.32. The van der Waals surface area contributed by atoms with Crippen molar-refractivity contribution in [3.8, 4) is 5.75 Å². The first-order valence-corrected chi connectivity index (χ1v) is 6.32. The van der Waals surface area contributed by atoms with E-state index >= 15 is 0 Å². The second kappa shape index (κ2) is 5.82. The number of carbonyl (C=O) groups excluding carboxylic acids is 1. The van der Waals surface area contributed by atoms with E-state index in [9.17, 15) is 4.79 Å². The van der Waals surface area contributed by atoms with Crippen LogP contribution in [0.25, 0.3) is 0 Å². The fraction of sp³-hybridized carbons (Fsp3) is 0.500. The van der Waals surface area contributed by atoms with E-state index in [4.69, 9.17) is 4.74 Å². The van der Waals surface area contributed by atoms with Gasteiger partial charge in [0, 0.05) is 0 Å². The van der Waals surface area contributed by atoms with E-state index in [2.05, 4.69) is 5.32 Å². The first kappa shape index (κ1) is 12.1. The molecule has 1 aliphatic rings. The van der Waals surface area contributed by atoms with Crippen molar-refractivity contribution in [2.45, 2.75) is 32.2 Å². The summed E-state index contributed by atoms with van der Waals surface area (Å²) in [5.74, 6) is 0.862. The molecular formula is C14H19NO2. The third-order valence-electron chi connectivity index (χ3n) is 3.08. The summed E-state index contributed by atoms with van der Waals surface area (Å²) in [6.45, 7) is 3.45. The van der Waals surface area contributed by atoms with Crippen molar-refractivity contribution in [1.82, 2.24) is 5.32 Å². The van der Waals surface area contributed by atoms with Crippen molar-refractivity contribution >= 4 is 5.78 Å². The highest BCUT2D eigenvalue weighted by Crippen LogP contribution is 2.22. The maximum Gasteiger partial charge on any atom is 0.183 e. The number of hydrogen-bond acceptors (Lipinski definition) is 3. The first-order chi connectivity index (χ1) is 8.33. The lowest BCUT2D eigenvalue weighted by molar-refractivity contribution is 0.0923. The Balaban J connectivity index is 2.17. The predicted molar refractivity (Wildman–Crippen MR) is 67.6 cm³/mol. The van der Waals surface area contributed by atoms with Gasteiger partial charge in [0.05, 0.1) is 18.2 Å². The zero-order chi connectivity index (χ0) is 12.1. The van der Waals surface area contributed by atoms with Gasteiger partial charge in [0.15, 0.2) is 5.78 Å². The largest absolute Gasteiger partial charge is 0.493 e. The van der Waals surface area contributed by atoms with Gasteiger partial charge < -0.3 is 10.1 Å². The molecule has 1 aromatic carbocycles. The van der Waals surface area contributed by atoms with Gasteiger partial charge in [-0.05, 0) is 38.4 Å². The molecule has 3 heteroatoms. The van der Waals surface area contributed by atoms with Gasteiger partial charge in [-0.25, -0.2) is 0 Å². The second-order valence-corrected chi connectivity index (χ2v) is 4.30. The lowest BCUT2D eigenvalue weighted by Gasteiger charge is -2.23. The molecule has 1 saturated heterocycles. The number of para-hydroxylation sites is 1. The molecule has 1 aromatic rings. The quantitative estimate of drug-likeness (QED) is 0.812. The van der Waals surface area contributed by atoms with Crippen LogP contribution >= 0.6 is 0 Å². The molecule has 1 atom stereocenters. The Labute approximate surface area is 102 Å². The molecule has 0 amide bonds. The van der Waals surface area contributed by atoms with Gasteiger partial charge >= 0.3 is 0 Å². The predicted octanol–water partition coefficient (Wildman–Crippen LogP) is 2.41. The molecule has 0 spiro atoms. The normalized spacial score (nSPS) is 19.9. The number of benzene rings is 1. The van der Waals surface area contributed by atoms with Gasteiger partial charge in [-0.1, -0.05) is 18.6 Å². The lowest BCUT2D eigenvalue weighted by Crippen LogP contribution is -2.40. The maximum absolute atomic E-state index is 12.4. The van der Waals surface area contributed by atoms with Gasteiger partial charge in [-0.15, -0.1) is 0 Å². The number of carbonyl (C=O) groups is 1. The minimum absolute atomic E-state index is 0.0367. The van der Waals surface area contributed by atoms with E-state index in [-0.39, 0.29) is 11.8 Å². The van der Waals surface area contributed by atoms with E-state index < -0.39 is 0 Å². The van der Waals surface area contributed by atoms with Crippen LogP contribution in [0.15, 0.2) is 24.3 Å². The Morgan fingerprint density at radius 3 is 2.94 bits per heavy atom. The van der Waals surface area contributed by atoms with Gasteiger partial charge in [0.2, 0.25) is 0 Å². The molecule has 0 saturated carbocycles. The molecule has 1 unspecified atom stereocenters. The minimum atomic E-state index is -0.0367. The Hall–Kier alpha value is -1.35. The van der Waals surface area contributed by atoms with Crippen molar-refractivity contribution in [3.63, 3.8) is 0 Å². The number of hydrogen-bond donors (Lipinski definition) is 1. The molecule has 3 nitrogen and oxygen atoms in total. The Morgan fingerprint density at radius 1 is 1.41 bits per heavy atom. The van der Waals surface area contributed by atoms with Crippen LogP contribution in [0, 0.1) is 0 Å². The van der Waals surface area contributed by atoms with E-state index in [1.165, 1.54) is 0 Å². The van der Waals surface area contributed by atoms with Crippen LogP contribution in [0.3, 0.4) is 0 Å². The fourth-order valence-electron chi connectivity index (χ4n) is 2.21. The molecule has 1 N–H and O–H groups in total. The van der Waals surface area contributed by atoms with Crippen LogP contribution in [-0.2, 0) is 0 Å². The molecule has 17 heavy (non-hydrogen) atoms. The molecule has 0 bridgehead atoms. The summed E-state index contributed by atoms with van der Waals surface area (Å²) in [6, 6.07) is 7.46. The maximum atomic E-state index is 12.4. The average molecular weight is 233 g/mol. The Kier molecular flexibility index (Phi) is 4.15. The summed E-state index contributed by atoms with van der Waals surface area (Å²) in [6.07, 6.45) is 3.22. The van der Waals surface area contributed by atoms with Crippen LogP contribution in [0.4, 0.5) is 0 Å². The zero-order valence-electron chi connectivity index (χ0n) is 10.2. The molecule has 1 fully saturated rings. The number of rotatable bonds is 4. The molecule has 1 aliphatic heterocycles. The minimum Gasteiger partial charge on any atom is -0.493 e. The zero-order valence-corrected chi connectivity index (χ0v) is 10.2. The van der Waals surface area contributed by atoms with Crippen LogP contribution < -0.4 is 10.1 Å². The highest BCUT2D eigenvalue weighted by Gasteiger charge is 2.23. The molecule has 0 radical (unpaired) electrons. The number of ketones is 1. The third kappa shape index (κ3) is 2.86. The van der Waals surface area contributed by atoms with Crippen LogP contribution in [0.1, 0.15) is 36.5 Å². The SMILES string of the molecule is CCOc1ccccc1C(=O)C1CCCCN1. The molecule has 1 heterocycles. The smallest absolute Gasteiger partial charge is 0.183 e.